The summed E-state index contributed by atoms with van der Waals surface area (Å²) in [5.74, 6) is 0.546. The zero-order chi connectivity index (χ0) is 19.1. The maximum absolute atomic E-state index is 13.3. The third-order valence-electron chi connectivity index (χ3n) is 4.32. The molecule has 0 unspecified atom stereocenters. The second kappa shape index (κ2) is 8.98. The van der Waals surface area contributed by atoms with Gasteiger partial charge >= 0.3 is 0 Å². The van der Waals surface area contributed by atoms with Gasteiger partial charge < -0.3 is 10.6 Å². The normalized spacial score (nSPS) is 11.4. The first-order valence-corrected chi connectivity index (χ1v) is 8.94. The van der Waals surface area contributed by atoms with Crippen LogP contribution in [0.25, 0.3) is 5.69 Å². The molecule has 6 heteroatoms. The number of rotatable bonds is 6. The molecule has 1 heterocycles. The molecule has 0 aliphatic rings. The van der Waals surface area contributed by atoms with Gasteiger partial charge in [0, 0.05) is 32.5 Å². The van der Waals surface area contributed by atoms with Gasteiger partial charge in [0.25, 0.3) is 0 Å². The van der Waals surface area contributed by atoms with E-state index in [-0.39, 0.29) is 5.82 Å². The van der Waals surface area contributed by atoms with Crippen molar-refractivity contribution >= 4 is 5.96 Å². The summed E-state index contributed by atoms with van der Waals surface area (Å²) in [5, 5.41) is 10.8. The molecule has 0 aliphatic heterocycles. The van der Waals surface area contributed by atoms with Crippen molar-refractivity contribution in [3.63, 3.8) is 0 Å². The number of nitrogens with one attached hydrogen (secondary N) is 2. The minimum atomic E-state index is -0.181. The van der Waals surface area contributed by atoms with Crippen LogP contribution in [0.15, 0.2) is 65.9 Å². The lowest BCUT2D eigenvalue weighted by molar-refractivity contribution is 0.617. The predicted octanol–water partition coefficient (Wildman–Crippen LogP) is 3.23. The number of aryl methyl sites for hydroxylation is 1. The van der Waals surface area contributed by atoms with E-state index in [1.807, 2.05) is 23.0 Å². The number of hydrogen-bond donors (Lipinski definition) is 2. The number of aromatic nitrogens is 2. The SMILES string of the molecule is CN=C(NCCc1ccc(-n2cccn2)cc1)NCc1ccc(F)c(C)c1. The highest BCUT2D eigenvalue weighted by Gasteiger charge is 2.02. The fourth-order valence-corrected chi connectivity index (χ4v) is 2.79. The minimum Gasteiger partial charge on any atom is -0.356 e. The molecule has 0 aliphatic carbocycles. The molecular weight excluding hydrogens is 341 g/mol. The van der Waals surface area contributed by atoms with Crippen molar-refractivity contribution in [3.05, 3.63) is 83.4 Å². The van der Waals surface area contributed by atoms with Crippen molar-refractivity contribution in [2.24, 2.45) is 4.99 Å². The van der Waals surface area contributed by atoms with Crippen molar-refractivity contribution in [2.75, 3.05) is 13.6 Å². The predicted molar refractivity (Wildman–Crippen MR) is 107 cm³/mol. The monoisotopic (exact) mass is 365 g/mol. The fourth-order valence-electron chi connectivity index (χ4n) is 2.79. The lowest BCUT2D eigenvalue weighted by Crippen LogP contribution is -2.37. The standard InChI is InChI=1S/C21H24FN5/c1-16-14-18(6-9-20(16)22)15-25-21(23-2)24-12-10-17-4-7-19(8-5-17)27-13-3-11-26-27/h3-9,11,13-14H,10,12,15H2,1-2H3,(H2,23,24,25). The molecule has 0 spiro atoms. The topological polar surface area (TPSA) is 54.2 Å². The summed E-state index contributed by atoms with van der Waals surface area (Å²) < 4.78 is 15.2. The second-order valence-corrected chi connectivity index (χ2v) is 6.30. The third-order valence-corrected chi connectivity index (χ3v) is 4.32. The van der Waals surface area contributed by atoms with E-state index in [9.17, 15) is 4.39 Å². The van der Waals surface area contributed by atoms with Crippen LogP contribution in [0.1, 0.15) is 16.7 Å². The van der Waals surface area contributed by atoms with Crippen LogP contribution in [0.4, 0.5) is 4.39 Å². The van der Waals surface area contributed by atoms with Crippen molar-refractivity contribution in [2.45, 2.75) is 19.9 Å². The van der Waals surface area contributed by atoms with Gasteiger partial charge in [-0.3, -0.25) is 4.99 Å². The largest absolute Gasteiger partial charge is 0.356 e. The van der Waals surface area contributed by atoms with Crippen molar-refractivity contribution < 1.29 is 4.39 Å². The molecule has 5 nitrogen and oxygen atoms in total. The third kappa shape index (κ3) is 5.17. The lowest BCUT2D eigenvalue weighted by Gasteiger charge is -2.12. The van der Waals surface area contributed by atoms with Crippen molar-refractivity contribution in [1.82, 2.24) is 20.4 Å². The zero-order valence-corrected chi connectivity index (χ0v) is 15.6. The Hall–Kier alpha value is -3.15. The summed E-state index contributed by atoms with van der Waals surface area (Å²) in [6.07, 6.45) is 4.58. The average molecular weight is 365 g/mol. The molecule has 3 rings (SSSR count). The average Bonchev–Trinajstić information content (AvgIpc) is 3.22. The number of aliphatic imine (C=N–C) groups is 1. The van der Waals surface area contributed by atoms with E-state index in [1.165, 1.54) is 11.6 Å². The summed E-state index contributed by atoms with van der Waals surface area (Å²) in [6.45, 7) is 3.13. The first-order valence-electron chi connectivity index (χ1n) is 8.94. The van der Waals surface area contributed by atoms with E-state index in [4.69, 9.17) is 0 Å². The van der Waals surface area contributed by atoms with Crippen molar-refractivity contribution in [3.8, 4) is 5.69 Å². The van der Waals surface area contributed by atoms with Gasteiger partial charge in [0.1, 0.15) is 5.82 Å². The zero-order valence-electron chi connectivity index (χ0n) is 15.6. The summed E-state index contributed by atoms with van der Waals surface area (Å²) in [4.78, 5) is 4.23. The van der Waals surface area contributed by atoms with Gasteiger partial charge in [-0.15, -0.1) is 0 Å². The van der Waals surface area contributed by atoms with Crippen LogP contribution in [0.2, 0.25) is 0 Å². The number of hydrogen-bond acceptors (Lipinski definition) is 2. The smallest absolute Gasteiger partial charge is 0.191 e. The Morgan fingerprint density at radius 2 is 1.89 bits per heavy atom. The van der Waals surface area contributed by atoms with Crippen LogP contribution in [-0.2, 0) is 13.0 Å². The molecule has 1 aromatic heterocycles. The van der Waals surface area contributed by atoms with E-state index in [2.05, 4.69) is 45.0 Å². The first-order chi connectivity index (χ1) is 13.2. The van der Waals surface area contributed by atoms with E-state index >= 15 is 0 Å². The Balaban J connectivity index is 1.46. The van der Waals surface area contributed by atoms with Crippen LogP contribution >= 0.6 is 0 Å². The van der Waals surface area contributed by atoms with Crippen LogP contribution in [-0.4, -0.2) is 29.3 Å². The maximum atomic E-state index is 13.3. The van der Waals surface area contributed by atoms with Crippen LogP contribution < -0.4 is 10.6 Å². The molecule has 27 heavy (non-hydrogen) atoms. The van der Waals surface area contributed by atoms with E-state index in [0.29, 0.717) is 12.1 Å². The molecule has 3 aromatic rings. The Labute approximate surface area is 159 Å². The maximum Gasteiger partial charge on any atom is 0.191 e. The van der Waals surface area contributed by atoms with Gasteiger partial charge in [-0.25, -0.2) is 9.07 Å². The summed E-state index contributed by atoms with van der Waals surface area (Å²) >= 11 is 0. The molecule has 0 saturated heterocycles. The summed E-state index contributed by atoms with van der Waals surface area (Å²) in [5.41, 5.74) is 3.95. The molecule has 0 bridgehead atoms. The van der Waals surface area contributed by atoms with Gasteiger partial charge in [-0.05, 0) is 54.3 Å². The second-order valence-electron chi connectivity index (χ2n) is 6.30. The summed E-state index contributed by atoms with van der Waals surface area (Å²) in [7, 11) is 1.74. The fraction of sp³-hybridized carbons (Fsp3) is 0.238. The molecule has 0 atom stereocenters. The van der Waals surface area contributed by atoms with Gasteiger partial charge in [-0.2, -0.15) is 5.10 Å². The van der Waals surface area contributed by atoms with E-state index in [1.54, 1.807) is 26.2 Å². The van der Waals surface area contributed by atoms with E-state index < -0.39 is 0 Å². The molecule has 0 amide bonds. The quantitative estimate of drug-likeness (QED) is 0.521. The van der Waals surface area contributed by atoms with E-state index in [0.717, 1.165) is 30.2 Å². The van der Waals surface area contributed by atoms with Gasteiger partial charge in [0.2, 0.25) is 0 Å². The van der Waals surface area contributed by atoms with Crippen LogP contribution in [0.5, 0.6) is 0 Å². The number of benzene rings is 2. The number of nitrogens with zero attached hydrogens (tertiary/aromatic N) is 3. The van der Waals surface area contributed by atoms with Crippen LogP contribution in [0, 0.1) is 12.7 Å². The Morgan fingerprint density at radius 3 is 2.56 bits per heavy atom. The Morgan fingerprint density at radius 1 is 1.11 bits per heavy atom. The number of guanidine groups is 1. The molecule has 0 saturated carbocycles. The molecule has 2 N–H and O–H groups in total. The minimum absolute atomic E-state index is 0.181. The van der Waals surface area contributed by atoms with Gasteiger partial charge in [-0.1, -0.05) is 24.3 Å². The summed E-state index contributed by atoms with van der Waals surface area (Å²) in [6, 6.07) is 15.4. The van der Waals surface area contributed by atoms with Gasteiger partial charge in [0.15, 0.2) is 5.96 Å². The van der Waals surface area contributed by atoms with Crippen LogP contribution in [0.3, 0.4) is 0 Å². The molecular formula is C21H24FN5. The Bertz CT molecular complexity index is 885. The molecule has 140 valence electrons. The highest BCUT2D eigenvalue weighted by atomic mass is 19.1. The lowest BCUT2D eigenvalue weighted by atomic mass is 10.1. The van der Waals surface area contributed by atoms with Crippen molar-refractivity contribution in [1.29, 1.82) is 0 Å². The Kier molecular flexibility index (Phi) is 6.20. The molecule has 0 radical (unpaired) electrons. The number of halogens is 1. The highest BCUT2D eigenvalue weighted by molar-refractivity contribution is 5.79. The molecule has 2 aromatic carbocycles. The first kappa shape index (κ1) is 18.6. The van der Waals surface area contributed by atoms with Gasteiger partial charge in [0.05, 0.1) is 5.69 Å². The molecule has 0 fully saturated rings. The highest BCUT2D eigenvalue weighted by Crippen LogP contribution is 2.10.